The Morgan fingerprint density at radius 2 is 2.13 bits per heavy atom. The molecule has 1 aliphatic heterocycles. The predicted molar refractivity (Wildman–Crippen MR) is 55.4 cm³/mol. The van der Waals surface area contributed by atoms with Gasteiger partial charge in [-0.25, -0.2) is 4.79 Å². The molecule has 0 N–H and O–H groups in total. The van der Waals surface area contributed by atoms with Crippen LogP contribution in [0.15, 0.2) is 0 Å². The zero-order chi connectivity index (χ0) is 11.6. The molecule has 0 aliphatic carbocycles. The normalized spacial score (nSPS) is 30.3. The third-order valence-corrected chi connectivity index (χ3v) is 4.66. The lowest BCUT2D eigenvalue weighted by Crippen LogP contribution is -2.54. The summed E-state index contributed by atoms with van der Waals surface area (Å²) < 4.78 is 16.5. The lowest BCUT2D eigenvalue weighted by Gasteiger charge is -2.32. The largest absolute Gasteiger partial charge is 0.467 e. The van der Waals surface area contributed by atoms with Crippen molar-refractivity contribution in [3.8, 4) is 0 Å². The minimum atomic E-state index is -1.37. The predicted octanol–water partition coefficient (Wildman–Crippen LogP) is -0.124. The van der Waals surface area contributed by atoms with E-state index in [1.54, 1.807) is 6.92 Å². The van der Waals surface area contributed by atoms with Gasteiger partial charge in [0.05, 0.1) is 17.9 Å². The number of esters is 1. The highest BCUT2D eigenvalue weighted by Crippen LogP contribution is 2.31. The molecule has 0 radical (unpaired) electrons. The summed E-state index contributed by atoms with van der Waals surface area (Å²) >= 11 is 0. The number of hydrogen-bond acceptors (Lipinski definition) is 4. The van der Waals surface area contributed by atoms with Gasteiger partial charge in [-0.1, -0.05) is 6.92 Å². The summed E-state index contributed by atoms with van der Waals surface area (Å²) in [5, 5.41) is 0. The second kappa shape index (κ2) is 4.30. The van der Waals surface area contributed by atoms with E-state index in [-0.39, 0.29) is 5.91 Å². The van der Waals surface area contributed by atoms with Crippen LogP contribution in [0.5, 0.6) is 0 Å². The molecule has 6 heteroatoms. The van der Waals surface area contributed by atoms with E-state index in [1.165, 1.54) is 18.9 Å². The van der Waals surface area contributed by atoms with Gasteiger partial charge in [0, 0.05) is 19.2 Å². The monoisotopic (exact) mass is 233 g/mol. The number of amides is 1. The van der Waals surface area contributed by atoms with E-state index >= 15 is 0 Å². The highest BCUT2D eigenvalue weighted by molar-refractivity contribution is 7.87. The van der Waals surface area contributed by atoms with Gasteiger partial charge < -0.3 is 9.64 Å². The fourth-order valence-corrected chi connectivity index (χ4v) is 3.66. The molecular weight excluding hydrogens is 218 g/mol. The average molecular weight is 233 g/mol. The van der Waals surface area contributed by atoms with E-state index in [4.69, 9.17) is 0 Å². The highest BCUT2D eigenvalue weighted by Gasteiger charge is 2.54. The van der Waals surface area contributed by atoms with E-state index < -0.39 is 21.6 Å². The summed E-state index contributed by atoms with van der Waals surface area (Å²) in [4.78, 5) is 23.1. The molecule has 1 aliphatic rings. The maximum atomic E-state index is 11.9. The zero-order valence-corrected chi connectivity index (χ0v) is 9.93. The number of ether oxygens (including phenoxy) is 1. The maximum Gasteiger partial charge on any atom is 0.345 e. The van der Waals surface area contributed by atoms with E-state index in [9.17, 15) is 13.8 Å². The Labute approximate surface area is 91.2 Å². The van der Waals surface area contributed by atoms with Crippen LogP contribution in [0, 0.1) is 0 Å². The molecule has 1 unspecified atom stereocenters. The lowest BCUT2D eigenvalue weighted by atomic mass is 10.2. The molecule has 1 heterocycles. The van der Waals surface area contributed by atoms with Crippen molar-refractivity contribution in [2.75, 3.05) is 19.4 Å². The SMILES string of the molecule is CC[C@]1(C(=O)OC)N(C(C)=O)CCS1=O. The molecule has 1 amide bonds. The number of hydrogen-bond donors (Lipinski definition) is 0. The molecule has 15 heavy (non-hydrogen) atoms. The Balaban J connectivity index is 3.17. The topological polar surface area (TPSA) is 63.7 Å². The van der Waals surface area contributed by atoms with Crippen LogP contribution in [0.25, 0.3) is 0 Å². The van der Waals surface area contributed by atoms with Gasteiger partial charge in [0.2, 0.25) is 10.8 Å². The third-order valence-electron chi connectivity index (χ3n) is 2.68. The molecule has 2 atom stereocenters. The van der Waals surface area contributed by atoms with Gasteiger partial charge in [-0.3, -0.25) is 9.00 Å². The summed E-state index contributed by atoms with van der Waals surface area (Å²) in [6, 6.07) is 0. The fraction of sp³-hybridized carbons (Fsp3) is 0.778. The molecule has 0 aromatic rings. The first kappa shape index (κ1) is 12.2. The van der Waals surface area contributed by atoms with Crippen molar-refractivity contribution >= 4 is 22.7 Å². The molecule has 1 rings (SSSR count). The summed E-state index contributed by atoms with van der Waals surface area (Å²) in [5.74, 6) is -0.494. The molecule has 0 aromatic heterocycles. The molecule has 0 saturated carbocycles. The van der Waals surface area contributed by atoms with E-state index in [0.29, 0.717) is 18.7 Å². The zero-order valence-electron chi connectivity index (χ0n) is 9.11. The van der Waals surface area contributed by atoms with E-state index in [2.05, 4.69) is 4.74 Å². The number of carbonyl (C=O) groups is 2. The standard InChI is InChI=1S/C9H15NO4S/c1-4-9(8(12)14-3)10(7(2)11)5-6-15(9)13/h4-6H2,1-3H3/t9-,15?/m0/s1. The van der Waals surface area contributed by atoms with Gasteiger partial charge in [0.1, 0.15) is 0 Å². The second-order valence-electron chi connectivity index (χ2n) is 3.35. The van der Waals surface area contributed by atoms with Crippen LogP contribution < -0.4 is 0 Å². The van der Waals surface area contributed by atoms with Gasteiger partial charge in [-0.05, 0) is 6.42 Å². The Morgan fingerprint density at radius 3 is 2.53 bits per heavy atom. The Hall–Kier alpha value is -0.910. The maximum absolute atomic E-state index is 11.9. The number of rotatable bonds is 2. The van der Waals surface area contributed by atoms with Crippen molar-refractivity contribution in [1.82, 2.24) is 4.90 Å². The van der Waals surface area contributed by atoms with Crippen molar-refractivity contribution in [2.45, 2.75) is 25.1 Å². The second-order valence-corrected chi connectivity index (χ2v) is 5.12. The molecule has 5 nitrogen and oxygen atoms in total. The van der Waals surface area contributed by atoms with Crippen LogP contribution in [0.2, 0.25) is 0 Å². The van der Waals surface area contributed by atoms with E-state index in [1.807, 2.05) is 0 Å². The average Bonchev–Trinajstić information content (AvgIpc) is 2.55. The first-order chi connectivity index (χ1) is 7.00. The van der Waals surface area contributed by atoms with Crippen LogP contribution in [0.4, 0.5) is 0 Å². The first-order valence-electron chi connectivity index (χ1n) is 4.75. The van der Waals surface area contributed by atoms with Crippen molar-refractivity contribution < 1.29 is 18.5 Å². The smallest absolute Gasteiger partial charge is 0.345 e. The van der Waals surface area contributed by atoms with Gasteiger partial charge in [0.25, 0.3) is 0 Å². The minimum absolute atomic E-state index is 0.242. The fourth-order valence-electron chi connectivity index (χ4n) is 1.92. The molecule has 86 valence electrons. The number of methoxy groups -OCH3 is 1. The van der Waals surface area contributed by atoms with Crippen molar-refractivity contribution in [1.29, 1.82) is 0 Å². The van der Waals surface area contributed by atoms with Crippen molar-refractivity contribution in [2.24, 2.45) is 0 Å². The Morgan fingerprint density at radius 1 is 1.53 bits per heavy atom. The number of carbonyl (C=O) groups excluding carboxylic acids is 2. The summed E-state index contributed by atoms with van der Waals surface area (Å²) in [6.07, 6.45) is 0.311. The summed E-state index contributed by atoms with van der Waals surface area (Å²) in [5.41, 5.74) is 0. The molecule has 1 fully saturated rings. The van der Waals surface area contributed by atoms with Gasteiger partial charge in [-0.2, -0.15) is 0 Å². The van der Waals surface area contributed by atoms with Crippen LogP contribution in [0.3, 0.4) is 0 Å². The molecule has 0 spiro atoms. The Bertz CT molecular complexity index is 317. The van der Waals surface area contributed by atoms with Crippen molar-refractivity contribution in [3.05, 3.63) is 0 Å². The van der Waals surface area contributed by atoms with Gasteiger partial charge in [0.15, 0.2) is 0 Å². The van der Waals surface area contributed by atoms with Crippen LogP contribution in [0.1, 0.15) is 20.3 Å². The summed E-state index contributed by atoms with van der Waals surface area (Å²) in [6.45, 7) is 3.46. The summed E-state index contributed by atoms with van der Waals surface area (Å²) in [7, 11) is -0.126. The highest BCUT2D eigenvalue weighted by atomic mass is 32.2. The third kappa shape index (κ3) is 1.67. The number of nitrogens with zero attached hydrogens (tertiary/aromatic N) is 1. The van der Waals surface area contributed by atoms with Gasteiger partial charge >= 0.3 is 5.97 Å². The lowest BCUT2D eigenvalue weighted by molar-refractivity contribution is -0.154. The molecule has 0 bridgehead atoms. The quantitative estimate of drug-likeness (QED) is 0.624. The minimum Gasteiger partial charge on any atom is -0.467 e. The van der Waals surface area contributed by atoms with Crippen LogP contribution in [-0.2, 0) is 25.1 Å². The first-order valence-corrected chi connectivity index (χ1v) is 6.07. The molecule has 1 saturated heterocycles. The Kier molecular flexibility index (Phi) is 3.49. The molecular formula is C9H15NO4S. The van der Waals surface area contributed by atoms with Crippen molar-refractivity contribution in [3.63, 3.8) is 0 Å². The molecule has 0 aromatic carbocycles. The van der Waals surface area contributed by atoms with Crippen LogP contribution in [-0.4, -0.2) is 45.3 Å². The van der Waals surface area contributed by atoms with E-state index in [0.717, 1.165) is 0 Å². The van der Waals surface area contributed by atoms with Crippen LogP contribution >= 0.6 is 0 Å². The van der Waals surface area contributed by atoms with Gasteiger partial charge in [-0.15, -0.1) is 0 Å².